The standard InChI is InChI=1S/C19H14N2O2/c22-19(20-13-7-10-15-8-3-1-4-9-15)17-14-18(23-21-17)16-11-5-2-6-12-16/h1-6,8-9,11-12,14H,13H2,(H,20,22). The molecule has 3 aromatic rings. The highest BCUT2D eigenvalue weighted by atomic mass is 16.5. The van der Waals surface area contributed by atoms with E-state index >= 15 is 0 Å². The molecular formula is C19H14N2O2. The summed E-state index contributed by atoms with van der Waals surface area (Å²) in [6.07, 6.45) is 0. The zero-order valence-electron chi connectivity index (χ0n) is 12.3. The van der Waals surface area contributed by atoms with Gasteiger partial charge in [0.2, 0.25) is 0 Å². The molecule has 0 aliphatic heterocycles. The molecule has 0 aliphatic rings. The van der Waals surface area contributed by atoms with Gasteiger partial charge >= 0.3 is 0 Å². The molecule has 4 nitrogen and oxygen atoms in total. The highest BCUT2D eigenvalue weighted by molar-refractivity contribution is 5.93. The molecule has 0 bridgehead atoms. The van der Waals surface area contributed by atoms with Crippen LogP contribution in [0.3, 0.4) is 0 Å². The Morgan fingerprint density at radius 1 is 1.04 bits per heavy atom. The Labute approximate surface area is 134 Å². The van der Waals surface area contributed by atoms with E-state index in [2.05, 4.69) is 22.3 Å². The van der Waals surface area contributed by atoms with Gasteiger partial charge in [-0.25, -0.2) is 0 Å². The van der Waals surface area contributed by atoms with Gasteiger partial charge in [-0.2, -0.15) is 0 Å². The number of hydrogen-bond acceptors (Lipinski definition) is 3. The van der Waals surface area contributed by atoms with Gasteiger partial charge in [0, 0.05) is 17.2 Å². The Balaban J connectivity index is 1.59. The van der Waals surface area contributed by atoms with E-state index in [4.69, 9.17) is 4.52 Å². The first-order valence-corrected chi connectivity index (χ1v) is 7.17. The molecule has 0 unspecified atom stereocenters. The fraction of sp³-hybridized carbons (Fsp3) is 0.0526. The summed E-state index contributed by atoms with van der Waals surface area (Å²) < 4.78 is 5.20. The summed E-state index contributed by atoms with van der Waals surface area (Å²) >= 11 is 0. The number of hydrogen-bond donors (Lipinski definition) is 1. The summed E-state index contributed by atoms with van der Waals surface area (Å²) in [6, 6.07) is 20.7. The second-order valence-electron chi connectivity index (χ2n) is 4.79. The number of benzene rings is 2. The third kappa shape index (κ3) is 3.86. The quantitative estimate of drug-likeness (QED) is 0.756. The zero-order valence-corrected chi connectivity index (χ0v) is 12.3. The highest BCUT2D eigenvalue weighted by Gasteiger charge is 2.12. The van der Waals surface area contributed by atoms with E-state index in [9.17, 15) is 4.79 Å². The minimum Gasteiger partial charge on any atom is -0.355 e. The van der Waals surface area contributed by atoms with Crippen molar-refractivity contribution in [2.24, 2.45) is 0 Å². The molecule has 0 saturated heterocycles. The van der Waals surface area contributed by atoms with Crippen LogP contribution in [-0.2, 0) is 0 Å². The molecule has 1 aromatic heterocycles. The second kappa shape index (κ2) is 7.10. The molecular weight excluding hydrogens is 288 g/mol. The van der Waals surface area contributed by atoms with E-state index < -0.39 is 0 Å². The summed E-state index contributed by atoms with van der Waals surface area (Å²) in [4.78, 5) is 12.0. The average molecular weight is 302 g/mol. The summed E-state index contributed by atoms with van der Waals surface area (Å²) in [5, 5.41) is 6.49. The fourth-order valence-electron chi connectivity index (χ4n) is 2.00. The van der Waals surface area contributed by atoms with E-state index in [-0.39, 0.29) is 18.1 Å². The van der Waals surface area contributed by atoms with Crippen molar-refractivity contribution in [3.63, 3.8) is 0 Å². The Morgan fingerprint density at radius 3 is 2.48 bits per heavy atom. The number of carbonyl (C=O) groups is 1. The molecule has 1 N–H and O–H groups in total. The van der Waals surface area contributed by atoms with Gasteiger partial charge in [0.1, 0.15) is 0 Å². The van der Waals surface area contributed by atoms with Gasteiger partial charge in [0.05, 0.1) is 6.54 Å². The predicted molar refractivity (Wildman–Crippen MR) is 87.6 cm³/mol. The minimum absolute atomic E-state index is 0.241. The van der Waals surface area contributed by atoms with Crippen molar-refractivity contribution in [2.45, 2.75) is 0 Å². The van der Waals surface area contributed by atoms with Crippen LogP contribution in [0.4, 0.5) is 0 Å². The third-order valence-corrected chi connectivity index (χ3v) is 3.14. The SMILES string of the molecule is O=C(NCC#Cc1ccccc1)c1cc(-c2ccccc2)on1. The van der Waals surface area contributed by atoms with Crippen molar-refractivity contribution in [1.29, 1.82) is 0 Å². The second-order valence-corrected chi connectivity index (χ2v) is 4.79. The molecule has 0 radical (unpaired) electrons. The summed E-state index contributed by atoms with van der Waals surface area (Å²) in [5.74, 6) is 6.13. The molecule has 0 atom stereocenters. The number of nitrogens with one attached hydrogen (secondary N) is 1. The monoisotopic (exact) mass is 302 g/mol. The van der Waals surface area contributed by atoms with Gasteiger partial charge in [-0.15, -0.1) is 0 Å². The summed E-state index contributed by atoms with van der Waals surface area (Å²) in [5.41, 5.74) is 2.03. The maximum atomic E-state index is 12.0. The van der Waals surface area contributed by atoms with Crippen LogP contribution < -0.4 is 5.32 Å². The van der Waals surface area contributed by atoms with Crippen LogP contribution >= 0.6 is 0 Å². The van der Waals surface area contributed by atoms with Gasteiger partial charge in [-0.1, -0.05) is 65.5 Å². The smallest absolute Gasteiger partial charge is 0.274 e. The van der Waals surface area contributed by atoms with E-state index in [1.807, 2.05) is 60.7 Å². The Morgan fingerprint density at radius 2 is 1.74 bits per heavy atom. The first-order valence-electron chi connectivity index (χ1n) is 7.17. The van der Waals surface area contributed by atoms with Crippen molar-refractivity contribution >= 4 is 5.91 Å². The van der Waals surface area contributed by atoms with Gasteiger partial charge in [-0.3, -0.25) is 4.79 Å². The lowest BCUT2D eigenvalue weighted by molar-refractivity contribution is 0.0950. The molecule has 112 valence electrons. The largest absolute Gasteiger partial charge is 0.355 e. The molecule has 0 aliphatic carbocycles. The lowest BCUT2D eigenvalue weighted by atomic mass is 10.1. The maximum Gasteiger partial charge on any atom is 0.274 e. The molecule has 4 heteroatoms. The van der Waals surface area contributed by atoms with E-state index in [0.29, 0.717) is 5.76 Å². The number of rotatable bonds is 3. The van der Waals surface area contributed by atoms with Crippen LogP contribution in [0.5, 0.6) is 0 Å². The van der Waals surface area contributed by atoms with E-state index in [1.165, 1.54) is 0 Å². The van der Waals surface area contributed by atoms with Crippen LogP contribution in [0.25, 0.3) is 11.3 Å². The number of amides is 1. The molecule has 1 amide bonds. The lowest BCUT2D eigenvalue weighted by Crippen LogP contribution is -2.23. The van der Waals surface area contributed by atoms with Crippen molar-refractivity contribution in [1.82, 2.24) is 10.5 Å². The number of carbonyl (C=O) groups excluding carboxylic acids is 1. The Kier molecular flexibility index (Phi) is 4.51. The Hall–Kier alpha value is -3.32. The molecule has 1 heterocycles. The van der Waals surface area contributed by atoms with Gasteiger partial charge < -0.3 is 9.84 Å². The fourth-order valence-corrected chi connectivity index (χ4v) is 2.00. The van der Waals surface area contributed by atoms with Crippen LogP contribution in [0.2, 0.25) is 0 Å². The first kappa shape index (κ1) is 14.6. The van der Waals surface area contributed by atoms with Crippen molar-refractivity contribution < 1.29 is 9.32 Å². The van der Waals surface area contributed by atoms with Crippen molar-refractivity contribution in [2.75, 3.05) is 6.54 Å². The number of nitrogens with zero attached hydrogens (tertiary/aromatic N) is 1. The van der Waals surface area contributed by atoms with E-state index in [0.717, 1.165) is 11.1 Å². The van der Waals surface area contributed by atoms with Gasteiger partial charge in [-0.05, 0) is 12.1 Å². The first-order chi connectivity index (χ1) is 11.3. The Bertz CT molecular complexity index is 843. The topological polar surface area (TPSA) is 55.1 Å². The average Bonchev–Trinajstić information content (AvgIpc) is 3.10. The van der Waals surface area contributed by atoms with Crippen molar-refractivity contribution in [3.8, 4) is 23.2 Å². The lowest BCUT2D eigenvalue weighted by Gasteiger charge is -1.95. The van der Waals surface area contributed by atoms with Crippen molar-refractivity contribution in [3.05, 3.63) is 78.0 Å². The molecule has 23 heavy (non-hydrogen) atoms. The minimum atomic E-state index is -0.307. The van der Waals surface area contributed by atoms with Crippen LogP contribution in [0, 0.1) is 11.8 Å². The highest BCUT2D eigenvalue weighted by Crippen LogP contribution is 2.19. The molecule has 2 aromatic carbocycles. The number of aromatic nitrogens is 1. The maximum absolute atomic E-state index is 12.0. The molecule has 0 fully saturated rings. The molecule has 0 saturated carbocycles. The van der Waals surface area contributed by atoms with E-state index in [1.54, 1.807) is 6.07 Å². The zero-order chi connectivity index (χ0) is 15.9. The van der Waals surface area contributed by atoms with Gasteiger partial charge in [0.15, 0.2) is 11.5 Å². The molecule has 3 rings (SSSR count). The summed E-state index contributed by atoms with van der Waals surface area (Å²) in [7, 11) is 0. The van der Waals surface area contributed by atoms with Crippen LogP contribution in [-0.4, -0.2) is 17.6 Å². The van der Waals surface area contributed by atoms with Crippen LogP contribution in [0.15, 0.2) is 71.3 Å². The normalized spacial score (nSPS) is 9.74. The molecule has 0 spiro atoms. The summed E-state index contributed by atoms with van der Waals surface area (Å²) in [6.45, 7) is 0.251. The van der Waals surface area contributed by atoms with Gasteiger partial charge in [0.25, 0.3) is 5.91 Å². The third-order valence-electron chi connectivity index (χ3n) is 3.14. The predicted octanol–water partition coefficient (Wildman–Crippen LogP) is 3.12. The van der Waals surface area contributed by atoms with Crippen LogP contribution in [0.1, 0.15) is 16.1 Å².